The van der Waals surface area contributed by atoms with E-state index in [0.29, 0.717) is 24.2 Å². The predicted octanol–water partition coefficient (Wildman–Crippen LogP) is 4.81. The number of rotatable bonds is 6. The van der Waals surface area contributed by atoms with Crippen LogP contribution in [0.5, 0.6) is 11.5 Å². The third-order valence-electron chi connectivity index (χ3n) is 2.90. The summed E-state index contributed by atoms with van der Waals surface area (Å²) in [6.07, 6.45) is 1.39. The van der Waals surface area contributed by atoms with Crippen LogP contribution in [0.25, 0.3) is 0 Å². The highest BCUT2D eigenvalue weighted by atomic mass is 35.5. The molecule has 23 heavy (non-hydrogen) atoms. The van der Waals surface area contributed by atoms with Crippen molar-refractivity contribution in [3.8, 4) is 11.5 Å². The number of benzene rings is 2. The molecule has 0 saturated heterocycles. The number of esters is 1. The van der Waals surface area contributed by atoms with Crippen molar-refractivity contribution in [3.05, 3.63) is 57.6 Å². The van der Waals surface area contributed by atoms with Gasteiger partial charge in [0.2, 0.25) is 0 Å². The number of hydrogen-bond acceptors (Lipinski definition) is 4. The number of carbonyl (C=O) groups excluding carboxylic acids is 2. The Morgan fingerprint density at radius 3 is 2.70 bits per heavy atom. The third-order valence-corrected chi connectivity index (χ3v) is 3.40. The Hall–Kier alpha value is -2.04. The highest BCUT2D eigenvalue weighted by Gasteiger charge is 2.16. The van der Waals surface area contributed by atoms with Crippen molar-refractivity contribution < 1.29 is 19.1 Å². The monoisotopic (exact) mass is 352 g/mol. The third kappa shape index (κ3) is 4.47. The van der Waals surface area contributed by atoms with E-state index in [1.807, 2.05) is 6.92 Å². The normalized spacial score (nSPS) is 10.2. The molecular formula is C17H14Cl2O4. The van der Waals surface area contributed by atoms with E-state index in [9.17, 15) is 9.59 Å². The summed E-state index contributed by atoms with van der Waals surface area (Å²) in [6, 6.07) is 9.38. The maximum atomic E-state index is 12.3. The first-order valence-electron chi connectivity index (χ1n) is 6.94. The van der Waals surface area contributed by atoms with Crippen LogP contribution in [0.3, 0.4) is 0 Å². The molecule has 0 N–H and O–H groups in total. The Kier molecular flexibility index (Phi) is 6.02. The molecule has 0 aliphatic heterocycles. The maximum absolute atomic E-state index is 12.3. The van der Waals surface area contributed by atoms with E-state index in [2.05, 4.69) is 0 Å². The fraction of sp³-hybridized carbons (Fsp3) is 0.176. The van der Waals surface area contributed by atoms with Gasteiger partial charge in [0.1, 0.15) is 5.75 Å². The van der Waals surface area contributed by atoms with Crippen molar-refractivity contribution in [1.82, 2.24) is 0 Å². The lowest BCUT2D eigenvalue weighted by molar-refractivity contribution is 0.0733. The zero-order chi connectivity index (χ0) is 16.8. The molecule has 0 aromatic heterocycles. The lowest BCUT2D eigenvalue weighted by Crippen LogP contribution is -2.10. The molecule has 2 aromatic rings. The minimum absolute atomic E-state index is 0.0176. The first-order chi connectivity index (χ1) is 11.0. The maximum Gasteiger partial charge on any atom is 0.343 e. The molecule has 0 unspecified atom stereocenters. The van der Waals surface area contributed by atoms with Crippen LogP contribution in [0.1, 0.15) is 34.1 Å². The quantitative estimate of drug-likeness (QED) is 0.425. The molecular weight excluding hydrogens is 339 g/mol. The van der Waals surface area contributed by atoms with Crippen molar-refractivity contribution in [3.63, 3.8) is 0 Å². The molecule has 6 heteroatoms. The van der Waals surface area contributed by atoms with Gasteiger partial charge in [0.25, 0.3) is 0 Å². The molecule has 0 heterocycles. The average Bonchev–Trinajstić information content (AvgIpc) is 2.55. The molecule has 0 radical (unpaired) electrons. The standard InChI is InChI=1S/C17H14Cl2O4/c1-2-6-22-14-5-3-4-11(8-14)17(21)23-16-12(10-20)7-13(18)9-15(16)19/h3-5,7-10H,2,6H2,1H3. The van der Waals surface area contributed by atoms with Crippen molar-refractivity contribution in [1.29, 1.82) is 0 Å². The van der Waals surface area contributed by atoms with Crippen LogP contribution in [0, 0.1) is 0 Å². The van der Waals surface area contributed by atoms with Crippen molar-refractivity contribution in [2.24, 2.45) is 0 Å². The summed E-state index contributed by atoms with van der Waals surface area (Å²) in [5.41, 5.74) is 0.399. The first kappa shape index (κ1) is 17.3. The van der Waals surface area contributed by atoms with E-state index < -0.39 is 5.97 Å². The molecule has 0 atom stereocenters. The summed E-state index contributed by atoms with van der Waals surface area (Å²) >= 11 is 11.8. The average molecular weight is 353 g/mol. The van der Waals surface area contributed by atoms with Gasteiger partial charge in [0, 0.05) is 5.02 Å². The fourth-order valence-corrected chi connectivity index (χ4v) is 2.41. The summed E-state index contributed by atoms with van der Waals surface area (Å²) < 4.78 is 10.7. The van der Waals surface area contributed by atoms with Crippen LogP contribution in [-0.4, -0.2) is 18.9 Å². The smallest absolute Gasteiger partial charge is 0.343 e. The first-order valence-corrected chi connectivity index (χ1v) is 7.70. The second kappa shape index (κ2) is 7.99. The molecule has 0 fully saturated rings. The van der Waals surface area contributed by atoms with Gasteiger partial charge >= 0.3 is 5.97 Å². The van der Waals surface area contributed by atoms with E-state index >= 15 is 0 Å². The molecule has 2 rings (SSSR count). The van der Waals surface area contributed by atoms with Gasteiger partial charge in [-0.15, -0.1) is 0 Å². The SMILES string of the molecule is CCCOc1cccc(C(=O)Oc2c(Cl)cc(Cl)cc2C=O)c1. The largest absolute Gasteiger partial charge is 0.494 e. The highest BCUT2D eigenvalue weighted by molar-refractivity contribution is 6.36. The summed E-state index contributed by atoms with van der Waals surface area (Å²) in [5.74, 6) is -0.0886. The summed E-state index contributed by atoms with van der Waals surface area (Å²) in [7, 11) is 0. The minimum Gasteiger partial charge on any atom is -0.494 e. The highest BCUT2D eigenvalue weighted by Crippen LogP contribution is 2.32. The number of hydrogen-bond donors (Lipinski definition) is 0. The molecule has 0 aliphatic rings. The van der Waals surface area contributed by atoms with Gasteiger partial charge < -0.3 is 9.47 Å². The molecule has 0 bridgehead atoms. The molecule has 0 saturated carbocycles. The number of ether oxygens (including phenoxy) is 2. The molecule has 0 amide bonds. The van der Waals surface area contributed by atoms with E-state index in [0.717, 1.165) is 6.42 Å². The van der Waals surface area contributed by atoms with Gasteiger partial charge in [-0.3, -0.25) is 4.79 Å². The van der Waals surface area contributed by atoms with Gasteiger partial charge in [-0.2, -0.15) is 0 Å². The van der Waals surface area contributed by atoms with E-state index in [1.165, 1.54) is 12.1 Å². The van der Waals surface area contributed by atoms with Gasteiger partial charge in [-0.25, -0.2) is 4.79 Å². The number of carbonyl (C=O) groups is 2. The molecule has 120 valence electrons. The van der Waals surface area contributed by atoms with Gasteiger partial charge in [0.15, 0.2) is 12.0 Å². The van der Waals surface area contributed by atoms with Crippen LogP contribution in [-0.2, 0) is 0 Å². The van der Waals surface area contributed by atoms with Crippen LogP contribution in [0.4, 0.5) is 0 Å². The lowest BCUT2D eigenvalue weighted by Gasteiger charge is -2.10. The van der Waals surface area contributed by atoms with Crippen LogP contribution in [0.15, 0.2) is 36.4 Å². The Bertz CT molecular complexity index is 729. The molecule has 2 aromatic carbocycles. The fourth-order valence-electron chi connectivity index (χ4n) is 1.86. The Morgan fingerprint density at radius 1 is 1.22 bits per heavy atom. The van der Waals surface area contributed by atoms with Gasteiger partial charge in [-0.1, -0.05) is 36.2 Å². The van der Waals surface area contributed by atoms with E-state index in [1.54, 1.807) is 24.3 Å². The van der Waals surface area contributed by atoms with Crippen molar-refractivity contribution in [2.75, 3.05) is 6.61 Å². The zero-order valence-corrected chi connectivity index (χ0v) is 13.9. The lowest BCUT2D eigenvalue weighted by atomic mass is 10.2. The van der Waals surface area contributed by atoms with Crippen molar-refractivity contribution >= 4 is 35.5 Å². The zero-order valence-electron chi connectivity index (χ0n) is 12.3. The van der Waals surface area contributed by atoms with E-state index in [4.69, 9.17) is 32.7 Å². The van der Waals surface area contributed by atoms with Crippen LogP contribution < -0.4 is 9.47 Å². The van der Waals surface area contributed by atoms with E-state index in [-0.39, 0.29) is 21.4 Å². The van der Waals surface area contributed by atoms with Crippen LogP contribution >= 0.6 is 23.2 Å². The molecule has 0 spiro atoms. The Morgan fingerprint density at radius 2 is 2.00 bits per heavy atom. The Labute approximate surface area is 143 Å². The van der Waals surface area contributed by atoms with Crippen molar-refractivity contribution in [2.45, 2.75) is 13.3 Å². The summed E-state index contributed by atoms with van der Waals surface area (Å²) in [5, 5.41) is 0.373. The second-order valence-electron chi connectivity index (χ2n) is 4.69. The second-order valence-corrected chi connectivity index (χ2v) is 5.53. The number of halogens is 2. The predicted molar refractivity (Wildman–Crippen MR) is 89.0 cm³/mol. The minimum atomic E-state index is -0.640. The van der Waals surface area contributed by atoms with Gasteiger partial charge in [0.05, 0.1) is 22.8 Å². The van der Waals surface area contributed by atoms with Crippen LogP contribution in [0.2, 0.25) is 10.0 Å². The molecule has 0 aliphatic carbocycles. The number of aldehydes is 1. The van der Waals surface area contributed by atoms with Gasteiger partial charge in [-0.05, 0) is 36.8 Å². The summed E-state index contributed by atoms with van der Waals surface area (Å²) in [6.45, 7) is 2.54. The summed E-state index contributed by atoms with van der Waals surface area (Å²) in [4.78, 5) is 23.4. The Balaban J connectivity index is 2.24. The topological polar surface area (TPSA) is 52.6 Å². The molecule has 4 nitrogen and oxygen atoms in total.